The fourth-order valence-corrected chi connectivity index (χ4v) is 3.24. The minimum absolute atomic E-state index is 0. The molecule has 1 unspecified atom stereocenters. The molecule has 1 atom stereocenters. The van der Waals surface area contributed by atoms with E-state index in [4.69, 9.17) is 10.5 Å². The smallest absolute Gasteiger partial charge is 0.379 e. The summed E-state index contributed by atoms with van der Waals surface area (Å²) in [5, 5.41) is 0. The SMILES string of the molecule is COC1CN(CCc2cn(C(CC(C)C)C(N)=O)c(=O)cc2C(F)(F)F)C1.[HH]. The van der Waals surface area contributed by atoms with E-state index in [0.717, 1.165) is 10.8 Å². The van der Waals surface area contributed by atoms with Crippen molar-refractivity contribution in [1.29, 1.82) is 0 Å². The highest BCUT2D eigenvalue weighted by Gasteiger charge is 2.35. The quantitative estimate of drug-likeness (QED) is 0.736. The molecule has 1 aromatic rings. The lowest BCUT2D eigenvalue weighted by molar-refractivity contribution is -0.138. The molecule has 0 spiro atoms. The standard InChI is InChI=1S/C18H26F3N3O3.H2/c1-11(2)6-15(17(22)26)24-8-12(4-5-23-9-13(10-23)27-3)14(7-16(24)25)18(19,20)21;/h7-8,11,13,15H,4-6,9-10H2,1-3H3,(H2,22,26);1H. The highest BCUT2D eigenvalue weighted by molar-refractivity contribution is 5.78. The number of pyridine rings is 1. The number of nitrogens with zero attached hydrogens (tertiary/aromatic N) is 2. The lowest BCUT2D eigenvalue weighted by Gasteiger charge is -2.38. The molecule has 1 saturated heterocycles. The number of likely N-dealkylation sites (tertiary alicyclic amines) is 1. The molecule has 9 heteroatoms. The summed E-state index contributed by atoms with van der Waals surface area (Å²) in [6.07, 6.45) is -3.00. The number of hydrogen-bond acceptors (Lipinski definition) is 4. The first kappa shape index (κ1) is 21.4. The van der Waals surface area contributed by atoms with E-state index >= 15 is 0 Å². The van der Waals surface area contributed by atoms with Gasteiger partial charge in [0.1, 0.15) is 6.04 Å². The number of ether oxygens (including phenoxy) is 1. The van der Waals surface area contributed by atoms with Gasteiger partial charge in [0.25, 0.3) is 5.56 Å². The van der Waals surface area contributed by atoms with Crippen molar-refractivity contribution in [2.24, 2.45) is 11.7 Å². The molecule has 0 aromatic carbocycles. The van der Waals surface area contributed by atoms with Gasteiger partial charge < -0.3 is 15.0 Å². The first-order valence-electron chi connectivity index (χ1n) is 8.89. The Labute approximate surface area is 157 Å². The summed E-state index contributed by atoms with van der Waals surface area (Å²) in [7, 11) is 1.60. The molecule has 0 aliphatic carbocycles. The topological polar surface area (TPSA) is 77.6 Å². The third-order valence-corrected chi connectivity index (χ3v) is 4.78. The Morgan fingerprint density at radius 3 is 2.52 bits per heavy atom. The van der Waals surface area contributed by atoms with Gasteiger partial charge in [-0.2, -0.15) is 13.2 Å². The summed E-state index contributed by atoms with van der Waals surface area (Å²) >= 11 is 0. The Bertz CT molecular complexity index is 731. The van der Waals surface area contributed by atoms with Crippen molar-refractivity contribution in [1.82, 2.24) is 9.47 Å². The van der Waals surface area contributed by atoms with Crippen molar-refractivity contribution in [2.75, 3.05) is 26.7 Å². The highest BCUT2D eigenvalue weighted by Crippen LogP contribution is 2.32. The molecular weight excluding hydrogens is 363 g/mol. The van der Waals surface area contributed by atoms with Crippen LogP contribution in [0.15, 0.2) is 17.1 Å². The molecule has 2 rings (SSSR count). The number of primary amides is 1. The monoisotopic (exact) mass is 391 g/mol. The van der Waals surface area contributed by atoms with E-state index in [0.29, 0.717) is 25.7 Å². The maximum atomic E-state index is 13.4. The van der Waals surface area contributed by atoms with Crippen LogP contribution in [0.5, 0.6) is 0 Å². The van der Waals surface area contributed by atoms with Crippen LogP contribution in [0.4, 0.5) is 13.2 Å². The normalized spacial score (nSPS) is 17.1. The van der Waals surface area contributed by atoms with E-state index in [1.807, 2.05) is 18.7 Å². The third kappa shape index (κ3) is 5.32. The lowest BCUT2D eigenvalue weighted by atomic mass is 10.0. The first-order chi connectivity index (χ1) is 12.5. The molecule has 2 N–H and O–H groups in total. The van der Waals surface area contributed by atoms with Crippen molar-refractivity contribution in [3.63, 3.8) is 0 Å². The number of carbonyl (C=O) groups is 1. The average molecular weight is 391 g/mol. The number of carbonyl (C=O) groups excluding carboxylic acids is 1. The van der Waals surface area contributed by atoms with E-state index < -0.39 is 29.2 Å². The molecule has 154 valence electrons. The van der Waals surface area contributed by atoms with E-state index in [-0.39, 0.29) is 31.9 Å². The summed E-state index contributed by atoms with van der Waals surface area (Å²) in [5.41, 5.74) is 3.55. The molecule has 0 saturated carbocycles. The second kappa shape index (κ2) is 8.43. The highest BCUT2D eigenvalue weighted by atomic mass is 19.4. The predicted molar refractivity (Wildman–Crippen MR) is 96.4 cm³/mol. The Balaban J connectivity index is 0.00000392. The van der Waals surface area contributed by atoms with Crippen LogP contribution in [0.25, 0.3) is 0 Å². The zero-order valence-corrected chi connectivity index (χ0v) is 15.8. The third-order valence-electron chi connectivity index (χ3n) is 4.78. The molecule has 2 heterocycles. The molecule has 1 fully saturated rings. The fourth-order valence-electron chi connectivity index (χ4n) is 3.24. The summed E-state index contributed by atoms with van der Waals surface area (Å²) in [5.74, 6) is -0.686. The Kier molecular flexibility index (Phi) is 6.69. The van der Waals surface area contributed by atoms with Crippen LogP contribution in [0, 0.1) is 5.92 Å². The van der Waals surface area contributed by atoms with Gasteiger partial charge in [-0.25, -0.2) is 0 Å². The molecule has 0 radical (unpaired) electrons. The summed E-state index contributed by atoms with van der Waals surface area (Å²) in [6.45, 7) is 5.43. The van der Waals surface area contributed by atoms with Crippen LogP contribution in [-0.2, 0) is 22.1 Å². The van der Waals surface area contributed by atoms with Gasteiger partial charge in [0.15, 0.2) is 0 Å². The number of rotatable bonds is 8. The molecule has 1 aromatic heterocycles. The zero-order valence-electron chi connectivity index (χ0n) is 15.8. The molecule has 1 aliphatic rings. The van der Waals surface area contributed by atoms with Crippen molar-refractivity contribution in [2.45, 2.75) is 45.0 Å². The minimum Gasteiger partial charge on any atom is -0.379 e. The van der Waals surface area contributed by atoms with Gasteiger partial charge in [-0.1, -0.05) is 13.8 Å². The van der Waals surface area contributed by atoms with Crippen molar-refractivity contribution in [3.8, 4) is 0 Å². The van der Waals surface area contributed by atoms with E-state index in [9.17, 15) is 22.8 Å². The number of halogens is 3. The lowest BCUT2D eigenvalue weighted by Crippen LogP contribution is -2.52. The molecular formula is C18H28F3N3O3. The van der Waals surface area contributed by atoms with Gasteiger partial charge >= 0.3 is 6.18 Å². The van der Waals surface area contributed by atoms with Gasteiger partial charge in [-0.05, 0) is 24.3 Å². The molecule has 1 amide bonds. The Morgan fingerprint density at radius 2 is 2.04 bits per heavy atom. The van der Waals surface area contributed by atoms with E-state index in [1.54, 1.807) is 7.11 Å². The van der Waals surface area contributed by atoms with Gasteiger partial charge in [0, 0.05) is 40.4 Å². The number of methoxy groups -OCH3 is 1. The van der Waals surface area contributed by atoms with E-state index in [2.05, 4.69) is 0 Å². The Morgan fingerprint density at radius 1 is 1.41 bits per heavy atom. The second-order valence-corrected chi connectivity index (χ2v) is 7.37. The van der Waals surface area contributed by atoms with Crippen molar-refractivity contribution < 1.29 is 24.1 Å². The molecule has 27 heavy (non-hydrogen) atoms. The summed E-state index contributed by atoms with van der Waals surface area (Å²) < 4.78 is 46.4. The van der Waals surface area contributed by atoms with E-state index in [1.165, 1.54) is 0 Å². The predicted octanol–water partition coefficient (Wildman–Crippen LogP) is 2.06. The van der Waals surface area contributed by atoms with Crippen LogP contribution >= 0.6 is 0 Å². The summed E-state index contributed by atoms with van der Waals surface area (Å²) in [4.78, 5) is 26.0. The number of hydrogen-bond donors (Lipinski definition) is 1. The maximum Gasteiger partial charge on any atom is 0.416 e. The first-order valence-corrected chi connectivity index (χ1v) is 8.89. The van der Waals surface area contributed by atoms with Gasteiger partial charge in [0.05, 0.1) is 11.7 Å². The van der Waals surface area contributed by atoms with Gasteiger partial charge in [-0.3, -0.25) is 14.5 Å². The second-order valence-electron chi connectivity index (χ2n) is 7.37. The van der Waals surface area contributed by atoms with Crippen molar-refractivity contribution >= 4 is 5.91 Å². The number of nitrogens with two attached hydrogens (primary N) is 1. The summed E-state index contributed by atoms with van der Waals surface area (Å²) in [6, 6.07) is -0.403. The minimum atomic E-state index is -4.64. The Hall–Kier alpha value is -1.87. The van der Waals surface area contributed by atoms with Crippen LogP contribution in [0.1, 0.15) is 38.9 Å². The molecule has 1 aliphatic heterocycles. The number of aromatic nitrogens is 1. The van der Waals surface area contributed by atoms with Crippen LogP contribution in [0.3, 0.4) is 0 Å². The number of alkyl halides is 3. The van der Waals surface area contributed by atoms with Gasteiger partial charge in [0.2, 0.25) is 5.91 Å². The van der Waals surface area contributed by atoms with Crippen LogP contribution < -0.4 is 11.3 Å². The van der Waals surface area contributed by atoms with Gasteiger partial charge in [-0.15, -0.1) is 0 Å². The fraction of sp³-hybridized carbons (Fsp3) is 0.667. The van der Waals surface area contributed by atoms with Crippen LogP contribution in [0.2, 0.25) is 0 Å². The molecule has 6 nitrogen and oxygen atoms in total. The largest absolute Gasteiger partial charge is 0.416 e. The number of amides is 1. The van der Waals surface area contributed by atoms with Crippen molar-refractivity contribution in [3.05, 3.63) is 33.7 Å². The maximum absolute atomic E-state index is 13.4. The zero-order chi connectivity index (χ0) is 20.4. The average Bonchev–Trinajstić information content (AvgIpc) is 2.51. The van der Waals surface area contributed by atoms with Crippen LogP contribution in [-0.4, -0.2) is 48.2 Å². The molecule has 0 bridgehead atoms.